The molecule has 3 aromatic heterocycles. The summed E-state index contributed by atoms with van der Waals surface area (Å²) in [6, 6.07) is 0. The Morgan fingerprint density at radius 1 is 1.24 bits per heavy atom. The van der Waals surface area contributed by atoms with E-state index in [9.17, 15) is 4.79 Å². The fraction of sp³-hybridized carbons (Fsp3) is 0.652. The molecule has 8 nitrogen and oxygen atoms in total. The molecule has 2 atom stereocenters. The van der Waals surface area contributed by atoms with Crippen molar-refractivity contribution in [2.24, 2.45) is 11.8 Å². The fourth-order valence-corrected chi connectivity index (χ4v) is 6.96. The van der Waals surface area contributed by atoms with Crippen molar-refractivity contribution >= 4 is 39.3 Å². The lowest BCUT2D eigenvalue weighted by Gasteiger charge is -2.28. The first kappa shape index (κ1) is 22.9. The number of rotatable bonds is 6. The lowest BCUT2D eigenvalue weighted by molar-refractivity contribution is 0.121. The van der Waals surface area contributed by atoms with Crippen molar-refractivity contribution in [3.8, 4) is 0 Å². The molecule has 1 aliphatic heterocycles. The summed E-state index contributed by atoms with van der Waals surface area (Å²) < 4.78 is 7.72. The first-order valence-electron chi connectivity index (χ1n) is 11.9. The first-order chi connectivity index (χ1) is 15.9. The summed E-state index contributed by atoms with van der Waals surface area (Å²) in [5.41, 5.74) is 1.22. The Bertz CT molecular complexity index is 1190. The molecule has 178 valence electrons. The predicted molar refractivity (Wildman–Crippen MR) is 134 cm³/mol. The zero-order valence-corrected chi connectivity index (χ0v) is 21.4. The van der Waals surface area contributed by atoms with Crippen LogP contribution in [0.5, 0.6) is 0 Å². The highest BCUT2D eigenvalue weighted by Crippen LogP contribution is 2.38. The molecule has 0 bridgehead atoms. The maximum Gasteiger partial charge on any atom is 0.259 e. The molecule has 2 unspecified atom stereocenters. The molecular weight excluding hydrogens is 456 g/mol. The van der Waals surface area contributed by atoms with Gasteiger partial charge in [-0.05, 0) is 43.6 Å². The van der Waals surface area contributed by atoms with E-state index in [0.29, 0.717) is 30.9 Å². The van der Waals surface area contributed by atoms with E-state index in [1.165, 1.54) is 10.4 Å². The number of morpholine rings is 1. The van der Waals surface area contributed by atoms with Gasteiger partial charge in [-0.25, -0.2) is 4.98 Å². The molecule has 0 amide bonds. The summed E-state index contributed by atoms with van der Waals surface area (Å²) in [5.74, 6) is 2.74. The summed E-state index contributed by atoms with van der Waals surface area (Å²) in [6.07, 6.45) is 3.18. The Hall–Kier alpha value is -1.91. The second kappa shape index (κ2) is 9.38. The van der Waals surface area contributed by atoms with Crippen molar-refractivity contribution < 1.29 is 4.74 Å². The minimum atomic E-state index is -0.0483. The van der Waals surface area contributed by atoms with Crippen molar-refractivity contribution in [3.05, 3.63) is 26.6 Å². The zero-order valence-electron chi connectivity index (χ0n) is 19.8. The third-order valence-corrected chi connectivity index (χ3v) is 8.63. The quantitative estimate of drug-likeness (QED) is 0.524. The monoisotopic (exact) mass is 488 g/mol. The molecule has 0 aromatic carbocycles. The number of aromatic amines is 1. The Kier molecular flexibility index (Phi) is 6.50. The molecule has 0 spiro atoms. The largest absolute Gasteiger partial charge is 0.378 e. The molecule has 3 aromatic rings. The summed E-state index contributed by atoms with van der Waals surface area (Å²) in [4.78, 5) is 25.5. The van der Waals surface area contributed by atoms with Crippen LogP contribution in [0.2, 0.25) is 0 Å². The minimum Gasteiger partial charge on any atom is -0.378 e. The van der Waals surface area contributed by atoms with Gasteiger partial charge in [0.25, 0.3) is 5.56 Å². The van der Waals surface area contributed by atoms with Crippen LogP contribution < -0.4 is 10.5 Å². The van der Waals surface area contributed by atoms with E-state index in [1.807, 2.05) is 0 Å². The molecule has 2 aliphatic rings. The van der Waals surface area contributed by atoms with Gasteiger partial charge >= 0.3 is 0 Å². The van der Waals surface area contributed by atoms with E-state index in [2.05, 4.69) is 52.3 Å². The lowest BCUT2D eigenvalue weighted by Crippen LogP contribution is -2.38. The Balaban J connectivity index is 1.44. The van der Waals surface area contributed by atoms with Crippen LogP contribution in [0, 0.1) is 11.8 Å². The minimum absolute atomic E-state index is 0.00726. The molecule has 5 rings (SSSR count). The highest BCUT2D eigenvalue weighted by Gasteiger charge is 2.26. The average Bonchev–Trinajstić information content (AvgIpc) is 3.34. The van der Waals surface area contributed by atoms with E-state index in [0.717, 1.165) is 60.2 Å². The number of thiophene rings is 1. The Morgan fingerprint density at radius 2 is 2.03 bits per heavy atom. The van der Waals surface area contributed by atoms with Gasteiger partial charge < -0.3 is 14.6 Å². The van der Waals surface area contributed by atoms with Gasteiger partial charge in [0, 0.05) is 24.5 Å². The highest BCUT2D eigenvalue weighted by molar-refractivity contribution is 7.99. The smallest absolute Gasteiger partial charge is 0.259 e. The van der Waals surface area contributed by atoms with Gasteiger partial charge in [-0.15, -0.1) is 21.5 Å². The number of nitrogens with zero attached hydrogens (tertiary/aromatic N) is 5. The van der Waals surface area contributed by atoms with Crippen molar-refractivity contribution in [1.29, 1.82) is 0 Å². The van der Waals surface area contributed by atoms with E-state index >= 15 is 0 Å². The van der Waals surface area contributed by atoms with Gasteiger partial charge in [0.15, 0.2) is 5.16 Å². The normalized spacial score (nSPS) is 19.9. The zero-order chi connectivity index (χ0) is 23.1. The Morgan fingerprint density at radius 3 is 2.79 bits per heavy atom. The number of thioether (sulfide) groups is 1. The van der Waals surface area contributed by atoms with Crippen LogP contribution in [0.3, 0.4) is 0 Å². The molecule has 1 N–H and O–H groups in total. The van der Waals surface area contributed by atoms with Gasteiger partial charge in [0.1, 0.15) is 10.7 Å². The van der Waals surface area contributed by atoms with Crippen molar-refractivity contribution in [2.75, 3.05) is 31.2 Å². The third kappa shape index (κ3) is 4.57. The molecule has 1 saturated heterocycles. The van der Waals surface area contributed by atoms with Crippen LogP contribution in [0.4, 0.5) is 5.95 Å². The summed E-state index contributed by atoms with van der Waals surface area (Å²) in [6.45, 7) is 12.7. The van der Waals surface area contributed by atoms with Crippen LogP contribution in [-0.4, -0.2) is 51.0 Å². The SMILES string of the molecule is CC(C)Cn1c(SC(C)c2nc3sc4c(c3c(=O)[nH]2)CCC(C)C4)nnc1N1CCOCC1. The van der Waals surface area contributed by atoms with Crippen molar-refractivity contribution in [2.45, 2.75) is 63.9 Å². The number of H-pyrrole nitrogens is 1. The van der Waals surface area contributed by atoms with Crippen LogP contribution in [0.25, 0.3) is 10.2 Å². The van der Waals surface area contributed by atoms with E-state index in [1.54, 1.807) is 23.1 Å². The van der Waals surface area contributed by atoms with Gasteiger partial charge in [-0.1, -0.05) is 32.5 Å². The number of hydrogen-bond acceptors (Lipinski definition) is 8. The van der Waals surface area contributed by atoms with Crippen LogP contribution >= 0.6 is 23.1 Å². The number of ether oxygens (including phenoxy) is 1. The highest BCUT2D eigenvalue weighted by atomic mass is 32.2. The van der Waals surface area contributed by atoms with Gasteiger partial charge in [0.2, 0.25) is 5.95 Å². The second-order valence-corrected chi connectivity index (χ2v) is 12.0. The van der Waals surface area contributed by atoms with E-state index in [4.69, 9.17) is 9.72 Å². The molecule has 1 aliphatic carbocycles. The van der Waals surface area contributed by atoms with Crippen LogP contribution in [0.1, 0.15) is 55.6 Å². The summed E-state index contributed by atoms with van der Waals surface area (Å²) in [7, 11) is 0. The average molecular weight is 489 g/mol. The van der Waals surface area contributed by atoms with Crippen molar-refractivity contribution in [1.82, 2.24) is 24.7 Å². The van der Waals surface area contributed by atoms with Gasteiger partial charge in [0.05, 0.1) is 23.8 Å². The van der Waals surface area contributed by atoms with Gasteiger partial charge in [-0.3, -0.25) is 9.36 Å². The standard InChI is InChI=1S/C23H32N6O2S2/c1-13(2)12-29-22(28-7-9-31-10-8-28)26-27-23(29)32-15(4)19-24-20(30)18-16-6-5-14(3)11-17(16)33-21(18)25-19/h13-15H,5-12H2,1-4H3,(H,24,25,30). The lowest BCUT2D eigenvalue weighted by atomic mass is 9.89. The van der Waals surface area contributed by atoms with Crippen molar-refractivity contribution in [3.63, 3.8) is 0 Å². The summed E-state index contributed by atoms with van der Waals surface area (Å²) >= 11 is 3.30. The molecule has 33 heavy (non-hydrogen) atoms. The number of aromatic nitrogens is 5. The van der Waals surface area contributed by atoms with E-state index in [-0.39, 0.29) is 10.8 Å². The number of nitrogens with one attached hydrogen (secondary N) is 1. The number of aryl methyl sites for hydroxylation is 1. The predicted octanol–water partition coefficient (Wildman–Crippen LogP) is 4.05. The topological polar surface area (TPSA) is 88.9 Å². The molecular formula is C23H32N6O2S2. The summed E-state index contributed by atoms with van der Waals surface area (Å²) in [5, 5.41) is 10.7. The number of fused-ring (bicyclic) bond motifs is 3. The third-order valence-electron chi connectivity index (χ3n) is 6.39. The molecule has 1 fully saturated rings. The van der Waals surface area contributed by atoms with Gasteiger partial charge in [-0.2, -0.15) is 0 Å². The molecule has 10 heteroatoms. The molecule has 4 heterocycles. The fourth-order valence-electron chi connectivity index (χ4n) is 4.66. The number of hydrogen-bond donors (Lipinski definition) is 1. The molecule has 0 radical (unpaired) electrons. The van der Waals surface area contributed by atoms with Crippen LogP contribution in [-0.2, 0) is 24.1 Å². The molecule has 0 saturated carbocycles. The second-order valence-electron chi connectivity index (χ2n) is 9.63. The maximum absolute atomic E-state index is 13.0. The maximum atomic E-state index is 13.0. The Labute approximate surface area is 202 Å². The van der Waals surface area contributed by atoms with E-state index < -0.39 is 0 Å². The van der Waals surface area contributed by atoms with Crippen LogP contribution in [0.15, 0.2) is 9.95 Å². The number of anilines is 1. The first-order valence-corrected chi connectivity index (χ1v) is 13.6.